The molecule has 1 aliphatic heterocycles. The van der Waals surface area contributed by atoms with E-state index in [-0.39, 0.29) is 18.7 Å². The van der Waals surface area contributed by atoms with Gasteiger partial charge in [-0.15, -0.1) is 0 Å². The van der Waals surface area contributed by atoms with Crippen LogP contribution < -0.4 is 22.9 Å². The minimum Gasteiger partial charge on any atom is -0.389 e. The number of carbonyl (C=O) groups is 1. The molecule has 1 aliphatic carbocycles. The zero-order valence-electron chi connectivity index (χ0n) is 15.7. The lowest BCUT2D eigenvalue weighted by Crippen LogP contribution is -2.72. The molecule has 0 bridgehead atoms. The maximum absolute atomic E-state index is 11.9. The van der Waals surface area contributed by atoms with Crippen LogP contribution in [0.2, 0.25) is 0 Å². The molecule has 11 nitrogen and oxygen atoms in total. The number of ether oxygens (including phenoxy) is 2. The number of rotatable bonds is 5. The molecule has 10 atom stereocenters. The van der Waals surface area contributed by atoms with E-state index >= 15 is 0 Å². The van der Waals surface area contributed by atoms with Crippen LogP contribution >= 0.6 is 0 Å². The van der Waals surface area contributed by atoms with Crippen LogP contribution in [0.4, 0.5) is 0 Å². The van der Waals surface area contributed by atoms with E-state index in [2.05, 4.69) is 0 Å². The highest BCUT2D eigenvalue weighted by atomic mass is 16.7. The summed E-state index contributed by atoms with van der Waals surface area (Å²) in [4.78, 5) is 13.0. The summed E-state index contributed by atoms with van der Waals surface area (Å²) in [5.41, 5.74) is 23.3. The van der Waals surface area contributed by atoms with Crippen molar-refractivity contribution in [2.45, 2.75) is 80.7 Å². The average Bonchev–Trinajstić information content (AvgIpc) is 2.63. The summed E-state index contributed by atoms with van der Waals surface area (Å²) in [6, 6.07) is -2.96. The van der Waals surface area contributed by atoms with Gasteiger partial charge in [-0.05, 0) is 19.8 Å². The maximum Gasteiger partial charge on any atom is 0.236 e. The monoisotopic (exact) mass is 391 g/mol. The molecule has 0 spiro atoms. The highest BCUT2D eigenvalue weighted by molar-refractivity contribution is 5.78. The quantitative estimate of drug-likeness (QED) is 0.240. The number of amides is 1. The van der Waals surface area contributed by atoms with E-state index < -0.39 is 54.7 Å². The van der Waals surface area contributed by atoms with E-state index in [1.807, 2.05) is 6.92 Å². The van der Waals surface area contributed by atoms with E-state index in [9.17, 15) is 20.1 Å². The molecule has 1 saturated heterocycles. The Balaban J connectivity index is 2.19. The molecule has 1 amide bonds. The number of likely N-dealkylation sites (N-methyl/N-ethyl adjacent to an activating group) is 1. The van der Waals surface area contributed by atoms with Gasteiger partial charge in [0.25, 0.3) is 0 Å². The van der Waals surface area contributed by atoms with Crippen molar-refractivity contribution in [1.29, 1.82) is 0 Å². The Kier molecular flexibility index (Phi) is 7.53. The van der Waals surface area contributed by atoms with Crippen molar-refractivity contribution in [3.8, 4) is 0 Å². The Bertz CT molecular complexity index is 512. The summed E-state index contributed by atoms with van der Waals surface area (Å²) in [7, 11) is 1.38. The molecular formula is C16H33N5O6. The number of hydrogen-bond acceptors (Lipinski definition) is 10. The summed E-state index contributed by atoms with van der Waals surface area (Å²) in [6.45, 7) is 1.50. The van der Waals surface area contributed by atoms with Crippen molar-refractivity contribution in [2.75, 3.05) is 13.6 Å². The van der Waals surface area contributed by atoms with Gasteiger partial charge in [0.15, 0.2) is 6.29 Å². The van der Waals surface area contributed by atoms with Crippen LogP contribution in [0.5, 0.6) is 0 Å². The Morgan fingerprint density at radius 3 is 2.41 bits per heavy atom. The third-order valence-electron chi connectivity index (χ3n) is 5.50. The topological polar surface area (TPSA) is 204 Å². The molecule has 158 valence electrons. The first-order valence-electron chi connectivity index (χ1n) is 9.17. The molecule has 27 heavy (non-hydrogen) atoms. The minimum absolute atomic E-state index is 0.234. The van der Waals surface area contributed by atoms with Crippen LogP contribution in [0.3, 0.4) is 0 Å². The van der Waals surface area contributed by atoms with Gasteiger partial charge >= 0.3 is 0 Å². The lowest BCUT2D eigenvalue weighted by Gasteiger charge is -2.49. The number of nitrogens with two attached hydrogens (primary N) is 4. The number of aliphatic hydroxyl groups excluding tert-OH is 3. The summed E-state index contributed by atoms with van der Waals surface area (Å²) < 4.78 is 11.6. The summed E-state index contributed by atoms with van der Waals surface area (Å²) in [5, 5.41) is 31.4. The normalized spacial score (nSPS) is 44.0. The third kappa shape index (κ3) is 4.58. The van der Waals surface area contributed by atoms with E-state index in [1.54, 1.807) is 0 Å². The Hall–Kier alpha value is -0.890. The highest BCUT2D eigenvalue weighted by Gasteiger charge is 2.52. The van der Waals surface area contributed by atoms with E-state index in [1.165, 1.54) is 7.05 Å². The van der Waals surface area contributed by atoms with Crippen molar-refractivity contribution >= 4 is 5.91 Å². The van der Waals surface area contributed by atoms with E-state index in [0.717, 1.165) is 4.90 Å². The molecule has 0 radical (unpaired) electrons. The molecule has 0 aromatic rings. The zero-order chi connectivity index (χ0) is 20.5. The number of carbonyl (C=O) groups excluding carboxylic acids is 1. The fourth-order valence-electron chi connectivity index (χ4n) is 3.70. The largest absolute Gasteiger partial charge is 0.389 e. The first-order chi connectivity index (χ1) is 12.6. The van der Waals surface area contributed by atoms with Gasteiger partial charge in [0.05, 0.1) is 36.9 Å². The lowest BCUT2D eigenvalue weighted by atomic mass is 9.81. The number of nitrogens with zero attached hydrogens (tertiary/aromatic N) is 1. The molecule has 0 aromatic heterocycles. The van der Waals surface area contributed by atoms with Crippen LogP contribution in [0.1, 0.15) is 19.8 Å². The maximum atomic E-state index is 11.9. The van der Waals surface area contributed by atoms with Crippen LogP contribution in [0, 0.1) is 0 Å². The van der Waals surface area contributed by atoms with Gasteiger partial charge in [-0.2, -0.15) is 0 Å². The van der Waals surface area contributed by atoms with Gasteiger partial charge in [0.1, 0.15) is 18.3 Å². The van der Waals surface area contributed by atoms with Crippen molar-refractivity contribution in [3.05, 3.63) is 0 Å². The van der Waals surface area contributed by atoms with Gasteiger partial charge in [-0.3, -0.25) is 4.79 Å². The SMILES string of the molecule is C[C@@H](N)[C@H]1CC[C@@H](N)[C@@H](O[C@@H]2[C@@H](N)[C@@H](O)[C@@H](O)[C@@H](N(C)C(=O)CN)[C@H]2O)O1. The first-order valence-corrected chi connectivity index (χ1v) is 9.17. The summed E-state index contributed by atoms with van der Waals surface area (Å²) in [6.07, 6.45) is -5.27. The van der Waals surface area contributed by atoms with Crippen molar-refractivity contribution in [3.63, 3.8) is 0 Å². The average molecular weight is 391 g/mol. The first kappa shape index (κ1) is 22.4. The molecule has 2 fully saturated rings. The van der Waals surface area contributed by atoms with Crippen LogP contribution in [-0.2, 0) is 14.3 Å². The molecule has 1 saturated carbocycles. The predicted molar refractivity (Wildman–Crippen MR) is 96.0 cm³/mol. The van der Waals surface area contributed by atoms with Crippen LogP contribution in [0.25, 0.3) is 0 Å². The van der Waals surface area contributed by atoms with Crippen LogP contribution in [0.15, 0.2) is 0 Å². The smallest absolute Gasteiger partial charge is 0.236 e. The zero-order valence-corrected chi connectivity index (χ0v) is 15.7. The van der Waals surface area contributed by atoms with E-state index in [4.69, 9.17) is 32.4 Å². The molecule has 0 aromatic carbocycles. The third-order valence-corrected chi connectivity index (χ3v) is 5.50. The second-order valence-corrected chi connectivity index (χ2v) is 7.49. The van der Waals surface area contributed by atoms with Gasteiger partial charge < -0.3 is 52.6 Å². The Morgan fingerprint density at radius 2 is 1.85 bits per heavy atom. The molecule has 1 heterocycles. The van der Waals surface area contributed by atoms with Gasteiger partial charge in [-0.25, -0.2) is 0 Å². The fourth-order valence-corrected chi connectivity index (χ4v) is 3.70. The summed E-state index contributed by atoms with van der Waals surface area (Å²) in [5.74, 6) is -0.512. The molecule has 11 N–H and O–H groups in total. The second kappa shape index (κ2) is 9.07. The highest BCUT2D eigenvalue weighted by Crippen LogP contribution is 2.29. The summed E-state index contributed by atoms with van der Waals surface area (Å²) >= 11 is 0. The standard InChI is InChI=1S/C16H33N5O6/c1-6(18)8-4-3-7(19)16(26-8)27-15-10(20)12(23)13(24)11(14(15)25)21(2)9(22)5-17/h6-8,10-16,23-25H,3-5,17-20H2,1-2H3/t6-,7-,8-,10+,11-,12-,13+,14-,15-,16-/m1/s1. The minimum atomic E-state index is -1.46. The molecule has 11 heteroatoms. The fraction of sp³-hybridized carbons (Fsp3) is 0.938. The lowest BCUT2D eigenvalue weighted by molar-refractivity contribution is -0.266. The van der Waals surface area contributed by atoms with Crippen molar-refractivity contribution in [1.82, 2.24) is 4.90 Å². The Morgan fingerprint density at radius 1 is 1.22 bits per heavy atom. The predicted octanol–water partition coefficient (Wildman–Crippen LogP) is -4.24. The molecule has 0 unspecified atom stereocenters. The number of aliphatic hydroxyl groups is 3. The number of hydrogen-bond donors (Lipinski definition) is 7. The molecule has 2 rings (SSSR count). The molecule has 2 aliphatic rings. The van der Waals surface area contributed by atoms with Gasteiger partial charge in [0, 0.05) is 13.1 Å². The second-order valence-electron chi connectivity index (χ2n) is 7.49. The van der Waals surface area contributed by atoms with Gasteiger partial charge in [0.2, 0.25) is 5.91 Å². The Labute approximate surface area is 158 Å². The van der Waals surface area contributed by atoms with Crippen molar-refractivity contribution in [2.24, 2.45) is 22.9 Å². The van der Waals surface area contributed by atoms with Crippen LogP contribution in [-0.4, -0.2) is 101 Å². The van der Waals surface area contributed by atoms with Crippen molar-refractivity contribution < 1.29 is 29.6 Å². The molecular weight excluding hydrogens is 358 g/mol. The van der Waals surface area contributed by atoms with E-state index in [0.29, 0.717) is 12.8 Å². The van der Waals surface area contributed by atoms with Gasteiger partial charge in [-0.1, -0.05) is 0 Å².